The standard InChI is InChI=1S/C22H22ClF3N6O5S/c23-17-2-1-12(5-16(17)22(24,25)26)9-32-4-3-18(31-32)20(34)15-8-28-11-29-21(15)30-14-6-13(19(33)7-14)10-37-38(27,35)36/h1-5,8,11,13-14,19,33H,6-7,9-10H2,(H2,27,35,36)(H,28,29,30)/t13-,14-,19+/m1/s1. The molecule has 1 aliphatic carbocycles. The number of anilines is 1. The highest BCUT2D eigenvalue weighted by atomic mass is 35.5. The number of carbonyl (C=O) groups is 1. The molecule has 0 saturated heterocycles. The molecule has 0 radical (unpaired) electrons. The number of ketones is 1. The van der Waals surface area contributed by atoms with Gasteiger partial charge >= 0.3 is 16.5 Å². The molecule has 0 amide bonds. The van der Waals surface area contributed by atoms with Crippen molar-refractivity contribution in [3.63, 3.8) is 0 Å². The summed E-state index contributed by atoms with van der Waals surface area (Å²) in [5.74, 6) is -0.864. The highest BCUT2D eigenvalue weighted by molar-refractivity contribution is 7.84. The first-order chi connectivity index (χ1) is 17.8. The molecule has 2 heterocycles. The van der Waals surface area contributed by atoms with Crippen molar-refractivity contribution in [3.8, 4) is 0 Å². The number of alkyl halides is 3. The molecule has 4 N–H and O–H groups in total. The zero-order valence-corrected chi connectivity index (χ0v) is 21.0. The van der Waals surface area contributed by atoms with Crippen LogP contribution >= 0.6 is 11.6 Å². The highest BCUT2D eigenvalue weighted by Crippen LogP contribution is 2.35. The van der Waals surface area contributed by atoms with E-state index in [4.69, 9.17) is 16.7 Å². The van der Waals surface area contributed by atoms with Crippen molar-refractivity contribution in [3.05, 3.63) is 70.4 Å². The van der Waals surface area contributed by atoms with Gasteiger partial charge in [-0.25, -0.2) is 15.1 Å². The van der Waals surface area contributed by atoms with Gasteiger partial charge in [0.15, 0.2) is 0 Å². The quantitative estimate of drug-likeness (QED) is 0.326. The van der Waals surface area contributed by atoms with E-state index in [0.29, 0.717) is 6.42 Å². The number of hydrogen-bond acceptors (Lipinski definition) is 9. The largest absolute Gasteiger partial charge is 0.417 e. The minimum Gasteiger partial charge on any atom is -0.393 e. The first kappa shape index (κ1) is 27.9. The van der Waals surface area contributed by atoms with E-state index >= 15 is 0 Å². The summed E-state index contributed by atoms with van der Waals surface area (Å²) < 4.78 is 67.5. The average molecular weight is 575 g/mol. The number of nitrogens with one attached hydrogen (secondary N) is 1. The molecule has 3 aromatic rings. The maximum Gasteiger partial charge on any atom is 0.417 e. The summed E-state index contributed by atoms with van der Waals surface area (Å²) >= 11 is 5.67. The fourth-order valence-electron chi connectivity index (χ4n) is 4.17. The van der Waals surface area contributed by atoms with Gasteiger partial charge in [0.25, 0.3) is 0 Å². The Morgan fingerprint density at radius 3 is 2.76 bits per heavy atom. The molecule has 1 saturated carbocycles. The molecule has 11 nitrogen and oxygen atoms in total. The topological polar surface area (TPSA) is 162 Å². The third kappa shape index (κ3) is 6.85. The van der Waals surface area contributed by atoms with Crippen LogP contribution in [-0.2, 0) is 27.2 Å². The SMILES string of the molecule is NS(=O)(=O)OC[C@H]1C[C@@H](Nc2ncncc2C(=O)c2ccn(Cc3ccc(Cl)c(C(F)(F)F)c3)n2)C[C@@H]1O. The van der Waals surface area contributed by atoms with Crippen LogP contribution in [0.15, 0.2) is 43.0 Å². The first-order valence-corrected chi connectivity index (χ1v) is 13.0. The van der Waals surface area contributed by atoms with Gasteiger partial charge in [0, 0.05) is 24.4 Å². The molecule has 1 aliphatic rings. The minimum atomic E-state index is -4.61. The molecule has 0 aliphatic heterocycles. The Bertz CT molecular complexity index is 1430. The Morgan fingerprint density at radius 2 is 2.05 bits per heavy atom. The smallest absolute Gasteiger partial charge is 0.393 e. The Hall–Kier alpha value is -3.11. The second-order valence-corrected chi connectivity index (χ2v) is 10.4. The van der Waals surface area contributed by atoms with E-state index in [9.17, 15) is 31.5 Å². The molecule has 2 aromatic heterocycles. The lowest BCUT2D eigenvalue weighted by Gasteiger charge is -2.15. The molecule has 4 rings (SSSR count). The van der Waals surface area contributed by atoms with E-state index in [1.54, 1.807) is 0 Å². The van der Waals surface area contributed by atoms with Crippen LogP contribution in [0.5, 0.6) is 0 Å². The highest BCUT2D eigenvalue weighted by Gasteiger charge is 2.35. The Balaban J connectivity index is 1.46. The lowest BCUT2D eigenvalue weighted by Crippen LogP contribution is -2.24. The number of nitrogens with zero attached hydrogens (tertiary/aromatic N) is 4. The lowest BCUT2D eigenvalue weighted by atomic mass is 10.1. The lowest BCUT2D eigenvalue weighted by molar-refractivity contribution is -0.137. The molecule has 1 aromatic carbocycles. The third-order valence-electron chi connectivity index (χ3n) is 5.96. The minimum absolute atomic E-state index is 0.0127. The molecule has 38 heavy (non-hydrogen) atoms. The number of aliphatic hydroxyl groups excluding tert-OH is 1. The normalized spacial score (nSPS) is 20.0. The number of hydrogen-bond donors (Lipinski definition) is 3. The molecule has 1 fully saturated rings. The van der Waals surface area contributed by atoms with E-state index in [2.05, 4.69) is 24.6 Å². The second kappa shape index (κ2) is 10.9. The predicted octanol–water partition coefficient (Wildman–Crippen LogP) is 2.40. The van der Waals surface area contributed by atoms with Crippen LogP contribution < -0.4 is 10.5 Å². The van der Waals surface area contributed by atoms with Crippen LogP contribution in [-0.4, -0.2) is 57.8 Å². The molecular weight excluding hydrogens is 553 g/mol. The fraction of sp³-hybridized carbons (Fsp3) is 0.364. The number of nitrogens with two attached hydrogens (primary N) is 1. The van der Waals surface area contributed by atoms with Crippen molar-refractivity contribution in [2.75, 3.05) is 11.9 Å². The number of carbonyl (C=O) groups excluding carboxylic acids is 1. The summed E-state index contributed by atoms with van der Waals surface area (Å²) in [7, 11) is -4.15. The van der Waals surface area contributed by atoms with Gasteiger partial charge in [-0.05, 0) is 36.6 Å². The second-order valence-electron chi connectivity index (χ2n) is 8.74. The van der Waals surface area contributed by atoms with Crippen LogP contribution in [0.3, 0.4) is 0 Å². The van der Waals surface area contributed by atoms with E-state index in [1.165, 1.54) is 35.5 Å². The third-order valence-corrected chi connectivity index (χ3v) is 6.75. The number of aromatic nitrogens is 4. The van der Waals surface area contributed by atoms with Gasteiger partial charge in [-0.15, -0.1) is 0 Å². The number of halogens is 4. The van der Waals surface area contributed by atoms with Gasteiger partial charge in [-0.3, -0.25) is 13.7 Å². The summed E-state index contributed by atoms with van der Waals surface area (Å²) in [6, 6.07) is 4.58. The van der Waals surface area contributed by atoms with E-state index in [0.717, 1.165) is 12.1 Å². The van der Waals surface area contributed by atoms with Gasteiger partial charge in [0.2, 0.25) is 5.78 Å². The van der Waals surface area contributed by atoms with Gasteiger partial charge in [-0.1, -0.05) is 17.7 Å². The Kier molecular flexibility index (Phi) is 8.04. The van der Waals surface area contributed by atoms with Crippen LogP contribution in [0.25, 0.3) is 0 Å². The molecule has 3 atom stereocenters. The van der Waals surface area contributed by atoms with Gasteiger partial charge in [0.05, 0.1) is 35.4 Å². The molecule has 16 heteroatoms. The van der Waals surface area contributed by atoms with Gasteiger partial charge < -0.3 is 10.4 Å². The van der Waals surface area contributed by atoms with Crippen LogP contribution in [0.4, 0.5) is 19.0 Å². The van der Waals surface area contributed by atoms with Crippen molar-refractivity contribution in [1.82, 2.24) is 19.7 Å². The Morgan fingerprint density at radius 1 is 1.29 bits per heavy atom. The molecular formula is C22H22ClF3N6O5S. The molecule has 204 valence electrons. The summed E-state index contributed by atoms with van der Waals surface area (Å²) in [5, 5.41) is 21.9. The molecule has 0 bridgehead atoms. The number of benzene rings is 1. The van der Waals surface area contributed by atoms with Crippen molar-refractivity contribution in [2.45, 2.75) is 37.7 Å². The van der Waals surface area contributed by atoms with Crippen LogP contribution in [0, 0.1) is 5.92 Å². The summed E-state index contributed by atoms with van der Waals surface area (Å²) in [4.78, 5) is 21.2. The monoisotopic (exact) mass is 574 g/mol. The average Bonchev–Trinajstić information content (AvgIpc) is 3.44. The summed E-state index contributed by atoms with van der Waals surface area (Å²) in [6.07, 6.45) is -0.941. The predicted molar refractivity (Wildman–Crippen MR) is 128 cm³/mol. The van der Waals surface area contributed by atoms with E-state index in [1.807, 2.05) is 0 Å². The zero-order valence-electron chi connectivity index (χ0n) is 19.5. The van der Waals surface area contributed by atoms with Crippen molar-refractivity contribution in [2.24, 2.45) is 11.1 Å². The molecule has 0 unspecified atom stereocenters. The number of aliphatic hydroxyl groups is 1. The maximum atomic E-state index is 13.2. The van der Waals surface area contributed by atoms with Crippen LogP contribution in [0.2, 0.25) is 5.02 Å². The fourth-order valence-corrected chi connectivity index (χ4v) is 4.76. The van der Waals surface area contributed by atoms with Gasteiger partial charge in [-0.2, -0.15) is 26.7 Å². The summed E-state index contributed by atoms with van der Waals surface area (Å²) in [5.41, 5.74) is -0.580. The van der Waals surface area contributed by atoms with Crippen molar-refractivity contribution < 1.29 is 35.7 Å². The van der Waals surface area contributed by atoms with Crippen molar-refractivity contribution >= 4 is 33.5 Å². The van der Waals surface area contributed by atoms with E-state index < -0.39 is 44.9 Å². The zero-order chi connectivity index (χ0) is 27.7. The van der Waals surface area contributed by atoms with Crippen molar-refractivity contribution in [1.29, 1.82) is 0 Å². The van der Waals surface area contributed by atoms with E-state index in [-0.39, 0.29) is 48.3 Å². The van der Waals surface area contributed by atoms with Crippen LogP contribution in [0.1, 0.15) is 40.0 Å². The first-order valence-electron chi connectivity index (χ1n) is 11.2. The van der Waals surface area contributed by atoms with Gasteiger partial charge in [0.1, 0.15) is 17.8 Å². The molecule has 0 spiro atoms. The Labute approximate surface area is 220 Å². The number of rotatable bonds is 9. The maximum absolute atomic E-state index is 13.2. The summed E-state index contributed by atoms with van der Waals surface area (Å²) in [6.45, 7) is -0.324.